The van der Waals surface area contributed by atoms with Gasteiger partial charge < -0.3 is 10.2 Å². The van der Waals surface area contributed by atoms with Crippen molar-refractivity contribution in [1.29, 1.82) is 0 Å². The van der Waals surface area contributed by atoms with Crippen LogP contribution in [-0.4, -0.2) is 49.1 Å². The highest BCUT2D eigenvalue weighted by atomic mass is 16.2. The van der Waals surface area contributed by atoms with Crippen LogP contribution in [0.1, 0.15) is 30.9 Å². The Bertz CT molecular complexity index is 709. The van der Waals surface area contributed by atoms with Crippen LogP contribution >= 0.6 is 0 Å². The fraction of sp³-hybridized carbons (Fsp3) is 0.435. The smallest absolute Gasteiger partial charge is 0.317 e. The van der Waals surface area contributed by atoms with E-state index in [1.165, 1.54) is 11.1 Å². The lowest BCUT2D eigenvalue weighted by atomic mass is 9.72. The minimum atomic E-state index is 0.0126. The number of hydrogen-bond acceptors (Lipinski definition) is 2. The average Bonchev–Trinajstić information content (AvgIpc) is 2.74. The molecule has 0 atom stereocenters. The zero-order valence-electron chi connectivity index (χ0n) is 16.5. The van der Waals surface area contributed by atoms with Crippen LogP contribution in [0.2, 0.25) is 0 Å². The van der Waals surface area contributed by atoms with E-state index in [1.807, 2.05) is 14.0 Å². The van der Waals surface area contributed by atoms with Crippen molar-refractivity contribution in [2.75, 3.05) is 33.2 Å². The van der Waals surface area contributed by atoms with Crippen LogP contribution in [0, 0.1) is 0 Å². The fourth-order valence-electron chi connectivity index (χ4n) is 3.86. The van der Waals surface area contributed by atoms with Gasteiger partial charge in [0.2, 0.25) is 0 Å². The molecule has 2 aromatic carbocycles. The number of nitrogens with zero attached hydrogens (tertiary/aromatic N) is 2. The summed E-state index contributed by atoms with van der Waals surface area (Å²) < 4.78 is 0. The molecule has 1 N–H and O–H groups in total. The quantitative estimate of drug-likeness (QED) is 0.843. The van der Waals surface area contributed by atoms with E-state index in [1.54, 1.807) is 4.90 Å². The standard InChI is InChI=1S/C23H31N3O/c1-3-25(2)22(27)24-19-23(21-12-8-5-9-13-21)14-16-26(17-15-23)18-20-10-6-4-7-11-20/h4-13H,3,14-19H2,1-2H3,(H,24,27). The van der Waals surface area contributed by atoms with Crippen LogP contribution in [0.25, 0.3) is 0 Å². The Morgan fingerprint density at radius 3 is 2.22 bits per heavy atom. The molecule has 0 saturated carbocycles. The Kier molecular flexibility index (Phi) is 6.51. The summed E-state index contributed by atoms with van der Waals surface area (Å²) in [5.41, 5.74) is 2.71. The maximum Gasteiger partial charge on any atom is 0.317 e. The monoisotopic (exact) mass is 365 g/mol. The van der Waals surface area contributed by atoms with E-state index in [-0.39, 0.29) is 11.4 Å². The molecule has 3 rings (SSSR count). The number of benzene rings is 2. The zero-order chi connectivity index (χ0) is 19.1. The van der Waals surface area contributed by atoms with Crippen molar-refractivity contribution in [2.24, 2.45) is 0 Å². The van der Waals surface area contributed by atoms with Gasteiger partial charge in [-0.3, -0.25) is 4.90 Å². The molecule has 1 saturated heterocycles. The zero-order valence-corrected chi connectivity index (χ0v) is 16.5. The van der Waals surface area contributed by atoms with Gasteiger partial charge in [-0.05, 0) is 44.0 Å². The molecule has 1 fully saturated rings. The molecule has 0 aliphatic carbocycles. The minimum absolute atomic E-state index is 0.0126. The Morgan fingerprint density at radius 2 is 1.63 bits per heavy atom. The summed E-state index contributed by atoms with van der Waals surface area (Å²) in [5, 5.41) is 3.18. The van der Waals surface area contributed by atoms with Crippen LogP contribution in [0.3, 0.4) is 0 Å². The van der Waals surface area contributed by atoms with E-state index in [2.05, 4.69) is 70.9 Å². The number of carbonyl (C=O) groups excluding carboxylic acids is 1. The first-order valence-electron chi connectivity index (χ1n) is 9.94. The van der Waals surface area contributed by atoms with E-state index in [0.29, 0.717) is 6.54 Å². The molecule has 0 spiro atoms. The number of likely N-dealkylation sites (tertiary alicyclic amines) is 1. The number of amides is 2. The van der Waals surface area contributed by atoms with Crippen LogP contribution in [0.15, 0.2) is 60.7 Å². The first-order chi connectivity index (χ1) is 13.1. The van der Waals surface area contributed by atoms with Crippen LogP contribution < -0.4 is 5.32 Å². The maximum absolute atomic E-state index is 12.3. The third-order valence-corrected chi connectivity index (χ3v) is 5.85. The normalized spacial score (nSPS) is 16.7. The van der Waals surface area contributed by atoms with Crippen LogP contribution in [0.5, 0.6) is 0 Å². The van der Waals surface area contributed by atoms with Gasteiger partial charge in [0, 0.05) is 32.1 Å². The molecule has 144 valence electrons. The number of hydrogen-bond donors (Lipinski definition) is 1. The second-order valence-electron chi connectivity index (χ2n) is 7.58. The van der Waals surface area contributed by atoms with Gasteiger partial charge in [-0.1, -0.05) is 60.7 Å². The fourth-order valence-corrected chi connectivity index (χ4v) is 3.86. The molecule has 2 amide bonds. The van der Waals surface area contributed by atoms with Gasteiger partial charge in [0.25, 0.3) is 0 Å². The van der Waals surface area contributed by atoms with Crippen molar-refractivity contribution in [3.05, 3.63) is 71.8 Å². The summed E-state index contributed by atoms with van der Waals surface area (Å²) in [6.07, 6.45) is 2.11. The van der Waals surface area contributed by atoms with E-state index in [4.69, 9.17) is 0 Å². The van der Waals surface area contributed by atoms with Crippen molar-refractivity contribution >= 4 is 6.03 Å². The average molecular weight is 366 g/mol. The summed E-state index contributed by atoms with van der Waals surface area (Å²) >= 11 is 0. The first kappa shape index (κ1) is 19.4. The number of nitrogens with one attached hydrogen (secondary N) is 1. The van der Waals surface area contributed by atoms with E-state index in [9.17, 15) is 4.79 Å². The third-order valence-electron chi connectivity index (χ3n) is 5.85. The molecular formula is C23H31N3O. The van der Waals surface area contributed by atoms with Crippen molar-refractivity contribution in [1.82, 2.24) is 15.1 Å². The van der Waals surface area contributed by atoms with E-state index < -0.39 is 0 Å². The SMILES string of the molecule is CCN(C)C(=O)NCC1(c2ccccc2)CCN(Cc2ccccc2)CC1. The molecule has 1 heterocycles. The second-order valence-corrected chi connectivity index (χ2v) is 7.58. The van der Waals surface area contributed by atoms with Crippen molar-refractivity contribution in [2.45, 2.75) is 31.7 Å². The summed E-state index contributed by atoms with van der Waals surface area (Å²) in [6, 6.07) is 21.4. The maximum atomic E-state index is 12.3. The Morgan fingerprint density at radius 1 is 1.04 bits per heavy atom. The van der Waals surface area contributed by atoms with Gasteiger partial charge in [0.1, 0.15) is 0 Å². The van der Waals surface area contributed by atoms with Gasteiger partial charge in [0.15, 0.2) is 0 Å². The van der Waals surface area contributed by atoms with Gasteiger partial charge in [-0.25, -0.2) is 4.79 Å². The lowest BCUT2D eigenvalue weighted by Crippen LogP contribution is -2.50. The molecule has 0 radical (unpaired) electrons. The highest BCUT2D eigenvalue weighted by Gasteiger charge is 2.36. The number of carbonyl (C=O) groups is 1. The van der Waals surface area contributed by atoms with Crippen molar-refractivity contribution in [3.63, 3.8) is 0 Å². The Labute approximate surface area is 163 Å². The third kappa shape index (κ3) is 4.89. The molecule has 27 heavy (non-hydrogen) atoms. The Balaban J connectivity index is 1.68. The summed E-state index contributed by atoms with van der Waals surface area (Å²) in [5.74, 6) is 0. The molecule has 0 unspecified atom stereocenters. The van der Waals surface area contributed by atoms with E-state index >= 15 is 0 Å². The summed E-state index contributed by atoms with van der Waals surface area (Å²) in [6.45, 7) is 6.49. The molecule has 1 aliphatic heterocycles. The molecule has 4 nitrogen and oxygen atoms in total. The number of rotatable bonds is 6. The molecule has 0 bridgehead atoms. The molecule has 4 heteroatoms. The predicted octanol–water partition coefficient (Wildman–Crippen LogP) is 3.88. The molecule has 0 aromatic heterocycles. The van der Waals surface area contributed by atoms with Gasteiger partial charge in [0.05, 0.1) is 0 Å². The predicted molar refractivity (Wildman–Crippen MR) is 111 cm³/mol. The van der Waals surface area contributed by atoms with Gasteiger partial charge >= 0.3 is 6.03 Å². The van der Waals surface area contributed by atoms with Crippen LogP contribution in [0.4, 0.5) is 4.79 Å². The summed E-state index contributed by atoms with van der Waals surface area (Å²) in [7, 11) is 1.84. The van der Waals surface area contributed by atoms with Crippen molar-refractivity contribution in [3.8, 4) is 0 Å². The van der Waals surface area contributed by atoms with Crippen LogP contribution in [-0.2, 0) is 12.0 Å². The molecule has 2 aromatic rings. The van der Waals surface area contributed by atoms with Crippen molar-refractivity contribution < 1.29 is 4.79 Å². The summed E-state index contributed by atoms with van der Waals surface area (Å²) in [4.78, 5) is 16.5. The highest BCUT2D eigenvalue weighted by Crippen LogP contribution is 2.35. The highest BCUT2D eigenvalue weighted by molar-refractivity contribution is 5.73. The lowest BCUT2D eigenvalue weighted by Gasteiger charge is -2.42. The second kappa shape index (κ2) is 9.05. The number of piperidine rings is 1. The van der Waals surface area contributed by atoms with E-state index in [0.717, 1.165) is 39.0 Å². The molecule has 1 aliphatic rings. The lowest BCUT2D eigenvalue weighted by molar-refractivity contribution is 0.147. The largest absolute Gasteiger partial charge is 0.337 e. The molecular weight excluding hydrogens is 334 g/mol. The topological polar surface area (TPSA) is 35.6 Å². The number of urea groups is 1. The van der Waals surface area contributed by atoms with Gasteiger partial charge in [-0.15, -0.1) is 0 Å². The first-order valence-corrected chi connectivity index (χ1v) is 9.94. The minimum Gasteiger partial charge on any atom is -0.337 e. The van der Waals surface area contributed by atoms with Gasteiger partial charge in [-0.2, -0.15) is 0 Å². The Hall–Kier alpha value is -2.33.